The Kier molecular flexibility index (Phi) is 5.40. The van der Waals surface area contributed by atoms with Crippen molar-refractivity contribution in [1.82, 2.24) is 0 Å². The number of hydrogen-bond acceptors (Lipinski definition) is 4. The fourth-order valence-electron chi connectivity index (χ4n) is 3.83. The van der Waals surface area contributed by atoms with E-state index >= 15 is 0 Å². The molecule has 0 radical (unpaired) electrons. The molecule has 1 saturated carbocycles. The third-order valence-corrected chi connectivity index (χ3v) is 5.25. The van der Waals surface area contributed by atoms with Crippen molar-refractivity contribution in [2.75, 3.05) is 7.11 Å². The van der Waals surface area contributed by atoms with Gasteiger partial charge in [0.1, 0.15) is 11.5 Å². The average Bonchev–Trinajstić information content (AvgIpc) is 2.69. The minimum absolute atomic E-state index is 0.0341. The first-order valence-corrected chi connectivity index (χ1v) is 9.03. The number of carbonyl (C=O) groups is 2. The van der Waals surface area contributed by atoms with E-state index in [1.807, 2.05) is 24.3 Å². The van der Waals surface area contributed by atoms with E-state index in [1.54, 1.807) is 19.2 Å². The van der Waals surface area contributed by atoms with E-state index in [0.717, 1.165) is 18.6 Å². The van der Waals surface area contributed by atoms with Crippen LogP contribution in [-0.4, -0.2) is 18.9 Å². The van der Waals surface area contributed by atoms with Gasteiger partial charge in [0.2, 0.25) is 5.78 Å². The average molecular weight is 352 g/mol. The maximum absolute atomic E-state index is 11.5. The molecule has 1 aliphatic rings. The monoisotopic (exact) mass is 352 g/mol. The predicted molar refractivity (Wildman–Crippen MR) is 99.6 cm³/mol. The van der Waals surface area contributed by atoms with E-state index in [0.29, 0.717) is 5.75 Å². The van der Waals surface area contributed by atoms with Crippen LogP contribution in [0.25, 0.3) is 0 Å². The molecule has 26 heavy (non-hydrogen) atoms. The summed E-state index contributed by atoms with van der Waals surface area (Å²) in [5.41, 5.74) is 2.46. The topological polar surface area (TPSA) is 52.6 Å². The number of ether oxygens (including phenoxy) is 2. The lowest BCUT2D eigenvalue weighted by molar-refractivity contribution is -0.146. The number of ketones is 1. The molecule has 0 bridgehead atoms. The third-order valence-electron chi connectivity index (χ3n) is 5.25. The van der Waals surface area contributed by atoms with Gasteiger partial charge in [0.05, 0.1) is 7.11 Å². The van der Waals surface area contributed by atoms with Gasteiger partial charge in [-0.05, 0) is 48.2 Å². The molecule has 136 valence electrons. The lowest BCUT2D eigenvalue weighted by Crippen LogP contribution is -2.30. The number of methoxy groups -OCH3 is 1. The summed E-state index contributed by atoms with van der Waals surface area (Å²) in [6, 6.07) is 15.9. The zero-order chi connectivity index (χ0) is 18.6. The highest BCUT2D eigenvalue weighted by molar-refractivity contribution is 6.33. The number of carbonyl (C=O) groups excluding carboxylic acids is 2. The highest BCUT2D eigenvalue weighted by atomic mass is 16.5. The van der Waals surface area contributed by atoms with Gasteiger partial charge in [0, 0.05) is 12.3 Å². The van der Waals surface area contributed by atoms with Crippen molar-refractivity contribution in [2.24, 2.45) is 0 Å². The largest absolute Gasteiger partial charge is 0.497 e. The van der Waals surface area contributed by atoms with Crippen molar-refractivity contribution in [3.8, 4) is 11.5 Å². The Hall–Kier alpha value is -2.62. The van der Waals surface area contributed by atoms with E-state index in [9.17, 15) is 9.59 Å². The molecule has 0 saturated heterocycles. The van der Waals surface area contributed by atoms with Gasteiger partial charge in [0.25, 0.3) is 0 Å². The molecule has 3 rings (SSSR count). The molecule has 0 unspecified atom stereocenters. The summed E-state index contributed by atoms with van der Waals surface area (Å²) in [6.07, 6.45) is 5.81. The third kappa shape index (κ3) is 3.64. The van der Waals surface area contributed by atoms with Gasteiger partial charge in [-0.1, -0.05) is 43.5 Å². The number of benzene rings is 2. The summed E-state index contributed by atoms with van der Waals surface area (Å²) in [5.74, 6) is -0.183. The highest BCUT2D eigenvalue weighted by Crippen LogP contribution is 2.45. The van der Waals surface area contributed by atoms with E-state index in [2.05, 4.69) is 12.1 Å². The number of Topliss-reactive ketones (excluding diaryl/α,β-unsaturated/α-hetero) is 1. The van der Waals surface area contributed by atoms with E-state index in [1.165, 1.54) is 37.3 Å². The molecule has 2 aromatic rings. The van der Waals surface area contributed by atoms with Crippen LogP contribution in [-0.2, 0) is 15.0 Å². The molecule has 0 heterocycles. The molecular weight excluding hydrogens is 328 g/mol. The van der Waals surface area contributed by atoms with Crippen LogP contribution >= 0.6 is 0 Å². The Morgan fingerprint density at radius 3 is 1.77 bits per heavy atom. The molecule has 0 atom stereocenters. The van der Waals surface area contributed by atoms with Crippen molar-refractivity contribution in [3.05, 3.63) is 59.7 Å². The summed E-state index contributed by atoms with van der Waals surface area (Å²) >= 11 is 0. The molecular formula is C22H24O4. The maximum Gasteiger partial charge on any atom is 0.379 e. The summed E-state index contributed by atoms with van der Waals surface area (Å²) in [4.78, 5) is 22.5. The van der Waals surface area contributed by atoms with Crippen molar-refractivity contribution in [1.29, 1.82) is 0 Å². The van der Waals surface area contributed by atoms with Gasteiger partial charge >= 0.3 is 5.97 Å². The molecule has 0 aromatic heterocycles. The van der Waals surface area contributed by atoms with Crippen LogP contribution in [0, 0.1) is 0 Å². The second-order valence-electron chi connectivity index (χ2n) is 6.84. The summed E-state index contributed by atoms with van der Waals surface area (Å²) in [7, 11) is 1.67. The first kappa shape index (κ1) is 18.2. The Bertz CT molecular complexity index is 769. The van der Waals surface area contributed by atoms with Gasteiger partial charge in [0.15, 0.2) is 0 Å². The smallest absolute Gasteiger partial charge is 0.379 e. The molecule has 0 spiro atoms. The SMILES string of the molecule is COc1ccc(C2(c3ccc(OC(=O)C(C)=O)cc3)CCCCC2)cc1. The minimum Gasteiger partial charge on any atom is -0.497 e. The molecule has 1 aliphatic carbocycles. The van der Waals surface area contributed by atoms with Crippen LogP contribution in [0.5, 0.6) is 11.5 Å². The van der Waals surface area contributed by atoms with Gasteiger partial charge < -0.3 is 9.47 Å². The van der Waals surface area contributed by atoms with Crippen LogP contribution in [0.3, 0.4) is 0 Å². The van der Waals surface area contributed by atoms with Crippen molar-refractivity contribution < 1.29 is 19.1 Å². The Morgan fingerprint density at radius 2 is 1.31 bits per heavy atom. The van der Waals surface area contributed by atoms with Gasteiger partial charge in [-0.15, -0.1) is 0 Å². The highest BCUT2D eigenvalue weighted by Gasteiger charge is 2.35. The number of esters is 1. The van der Waals surface area contributed by atoms with Crippen LogP contribution in [0.4, 0.5) is 0 Å². The predicted octanol–water partition coefficient (Wildman–Crippen LogP) is 4.44. The molecule has 2 aromatic carbocycles. The van der Waals surface area contributed by atoms with Crippen molar-refractivity contribution >= 4 is 11.8 Å². The van der Waals surface area contributed by atoms with Gasteiger partial charge in [-0.2, -0.15) is 0 Å². The van der Waals surface area contributed by atoms with E-state index in [4.69, 9.17) is 9.47 Å². The first-order chi connectivity index (χ1) is 12.5. The lowest BCUT2D eigenvalue weighted by Gasteiger charge is -2.38. The second-order valence-corrected chi connectivity index (χ2v) is 6.84. The van der Waals surface area contributed by atoms with Gasteiger partial charge in [-0.25, -0.2) is 4.79 Å². The van der Waals surface area contributed by atoms with E-state index in [-0.39, 0.29) is 5.41 Å². The standard InChI is InChI=1S/C22H24O4/c1-16(23)21(24)26-20-12-8-18(9-13-20)22(14-4-3-5-15-22)17-6-10-19(25-2)11-7-17/h6-13H,3-5,14-15H2,1-2H3. The summed E-state index contributed by atoms with van der Waals surface area (Å²) in [6.45, 7) is 1.21. The number of rotatable bonds is 5. The van der Waals surface area contributed by atoms with Crippen LogP contribution < -0.4 is 9.47 Å². The fraction of sp³-hybridized carbons (Fsp3) is 0.364. The first-order valence-electron chi connectivity index (χ1n) is 9.03. The van der Waals surface area contributed by atoms with E-state index < -0.39 is 11.8 Å². The van der Waals surface area contributed by atoms with Crippen molar-refractivity contribution in [2.45, 2.75) is 44.4 Å². The van der Waals surface area contributed by atoms with Crippen LogP contribution in [0.15, 0.2) is 48.5 Å². The Balaban J connectivity index is 1.92. The zero-order valence-corrected chi connectivity index (χ0v) is 15.3. The van der Waals surface area contributed by atoms with Crippen LogP contribution in [0.2, 0.25) is 0 Å². The molecule has 0 aliphatic heterocycles. The minimum atomic E-state index is -0.833. The van der Waals surface area contributed by atoms with Crippen LogP contribution in [0.1, 0.15) is 50.2 Å². The number of hydrogen-bond donors (Lipinski definition) is 0. The molecule has 0 amide bonds. The lowest BCUT2D eigenvalue weighted by atomic mass is 9.65. The molecule has 4 heteroatoms. The summed E-state index contributed by atoms with van der Waals surface area (Å²) in [5, 5.41) is 0. The zero-order valence-electron chi connectivity index (χ0n) is 15.3. The summed E-state index contributed by atoms with van der Waals surface area (Å²) < 4.78 is 10.4. The fourth-order valence-corrected chi connectivity index (χ4v) is 3.83. The molecule has 0 N–H and O–H groups in total. The normalized spacial score (nSPS) is 15.9. The Morgan fingerprint density at radius 1 is 0.808 bits per heavy atom. The quantitative estimate of drug-likeness (QED) is 0.453. The second kappa shape index (κ2) is 7.73. The van der Waals surface area contributed by atoms with Gasteiger partial charge in [-0.3, -0.25) is 4.79 Å². The van der Waals surface area contributed by atoms with Crippen molar-refractivity contribution in [3.63, 3.8) is 0 Å². The molecule has 4 nitrogen and oxygen atoms in total. The maximum atomic E-state index is 11.5. The molecule has 1 fully saturated rings. The Labute approximate surface area is 154 Å².